The Bertz CT molecular complexity index is 235. The van der Waals surface area contributed by atoms with Gasteiger partial charge < -0.3 is 9.64 Å². The molecule has 0 bridgehead atoms. The van der Waals surface area contributed by atoms with E-state index in [1.54, 1.807) is 10.3 Å². The van der Waals surface area contributed by atoms with Gasteiger partial charge in [-0.2, -0.15) is 0 Å². The van der Waals surface area contributed by atoms with Gasteiger partial charge in [-0.25, -0.2) is 4.79 Å². The molecule has 0 saturated carbocycles. The molecule has 0 aromatic heterocycles. The van der Waals surface area contributed by atoms with Gasteiger partial charge in [-0.05, 0) is 33.6 Å². The van der Waals surface area contributed by atoms with E-state index >= 15 is 0 Å². The highest BCUT2D eigenvalue weighted by atomic mass is 32.1. The van der Waals surface area contributed by atoms with Crippen molar-refractivity contribution in [3.05, 3.63) is 0 Å². The zero-order valence-corrected chi connectivity index (χ0v) is 9.76. The number of likely N-dealkylation sites (tertiary alicyclic amines) is 1. The molecule has 1 aliphatic heterocycles. The van der Waals surface area contributed by atoms with Gasteiger partial charge in [0.1, 0.15) is 5.60 Å². The normalized spacial score (nSPS) is 22.2. The topological polar surface area (TPSA) is 29.5 Å². The van der Waals surface area contributed by atoms with Gasteiger partial charge in [0.2, 0.25) is 0 Å². The molecule has 0 aromatic carbocycles. The van der Waals surface area contributed by atoms with Crippen molar-refractivity contribution < 1.29 is 9.53 Å². The number of thiocarbonyl (C=S) groups is 1. The second kappa shape index (κ2) is 4.26. The van der Waals surface area contributed by atoms with E-state index in [-0.39, 0.29) is 12.1 Å². The summed E-state index contributed by atoms with van der Waals surface area (Å²) in [6.45, 7) is 6.36. The molecule has 14 heavy (non-hydrogen) atoms. The minimum atomic E-state index is -0.425. The van der Waals surface area contributed by atoms with E-state index in [4.69, 9.17) is 17.0 Å². The Morgan fingerprint density at radius 1 is 1.57 bits per heavy atom. The molecule has 1 unspecified atom stereocenters. The molecule has 0 radical (unpaired) electrons. The molecule has 1 aliphatic rings. The van der Waals surface area contributed by atoms with Crippen LogP contribution in [0.15, 0.2) is 0 Å². The third-order valence-electron chi connectivity index (χ3n) is 2.08. The van der Waals surface area contributed by atoms with Crippen LogP contribution >= 0.6 is 12.2 Å². The minimum Gasteiger partial charge on any atom is -0.444 e. The van der Waals surface area contributed by atoms with Crippen LogP contribution in [-0.2, 0) is 4.74 Å². The molecule has 0 N–H and O–H groups in total. The van der Waals surface area contributed by atoms with Crippen molar-refractivity contribution in [1.82, 2.24) is 4.90 Å². The molecule has 80 valence electrons. The number of carbonyl (C=O) groups is 1. The summed E-state index contributed by atoms with van der Waals surface area (Å²) >= 11 is 4.87. The first-order valence-electron chi connectivity index (χ1n) is 4.89. The monoisotopic (exact) mass is 215 g/mol. The van der Waals surface area contributed by atoms with Crippen LogP contribution in [0.5, 0.6) is 0 Å². The molecule has 0 aliphatic carbocycles. The summed E-state index contributed by atoms with van der Waals surface area (Å²) in [7, 11) is 0. The maximum atomic E-state index is 11.7. The summed E-state index contributed by atoms with van der Waals surface area (Å²) in [6, 6.07) is 0.0832. The fraction of sp³-hybridized carbons (Fsp3) is 0.800. The van der Waals surface area contributed by atoms with E-state index in [0.29, 0.717) is 0 Å². The Labute approximate surface area is 90.4 Å². The lowest BCUT2D eigenvalue weighted by molar-refractivity contribution is 0.0269. The Kier molecular flexibility index (Phi) is 3.48. The smallest absolute Gasteiger partial charge is 0.410 e. The van der Waals surface area contributed by atoms with E-state index in [2.05, 4.69) is 0 Å². The van der Waals surface area contributed by atoms with Gasteiger partial charge in [0.25, 0.3) is 0 Å². The number of carbonyl (C=O) groups excluding carboxylic acids is 1. The Morgan fingerprint density at radius 3 is 2.71 bits per heavy atom. The highest BCUT2D eigenvalue weighted by Crippen LogP contribution is 2.19. The number of rotatable bonds is 1. The summed E-state index contributed by atoms with van der Waals surface area (Å²) in [4.78, 5) is 13.4. The van der Waals surface area contributed by atoms with Gasteiger partial charge in [0.15, 0.2) is 0 Å². The second-order valence-corrected chi connectivity index (χ2v) is 4.79. The maximum absolute atomic E-state index is 11.7. The zero-order chi connectivity index (χ0) is 10.8. The Hall–Kier alpha value is -0.640. The first-order chi connectivity index (χ1) is 6.44. The number of hydrogen-bond acceptors (Lipinski definition) is 3. The Balaban J connectivity index is 2.56. The van der Waals surface area contributed by atoms with Crippen LogP contribution < -0.4 is 0 Å². The van der Waals surface area contributed by atoms with Crippen LogP contribution in [0.3, 0.4) is 0 Å². The molecule has 0 aromatic rings. The van der Waals surface area contributed by atoms with Crippen molar-refractivity contribution in [2.75, 3.05) is 6.54 Å². The van der Waals surface area contributed by atoms with Gasteiger partial charge >= 0.3 is 6.09 Å². The van der Waals surface area contributed by atoms with Gasteiger partial charge in [0.05, 0.1) is 6.04 Å². The Morgan fingerprint density at radius 2 is 2.21 bits per heavy atom. The molecule has 1 fully saturated rings. The first-order valence-corrected chi connectivity index (χ1v) is 5.36. The highest BCUT2D eigenvalue weighted by Gasteiger charge is 2.30. The molecule has 4 heteroatoms. The summed E-state index contributed by atoms with van der Waals surface area (Å²) in [5.41, 5.74) is -0.425. The van der Waals surface area contributed by atoms with E-state index < -0.39 is 5.60 Å². The highest BCUT2D eigenvalue weighted by molar-refractivity contribution is 7.79. The van der Waals surface area contributed by atoms with Crippen molar-refractivity contribution >= 4 is 23.7 Å². The fourth-order valence-corrected chi connectivity index (χ4v) is 1.76. The number of hydrogen-bond donors (Lipinski definition) is 0. The van der Waals surface area contributed by atoms with Gasteiger partial charge in [-0.1, -0.05) is 12.2 Å². The zero-order valence-electron chi connectivity index (χ0n) is 8.95. The van der Waals surface area contributed by atoms with Crippen LogP contribution in [0.4, 0.5) is 4.79 Å². The largest absolute Gasteiger partial charge is 0.444 e. The molecule has 1 amide bonds. The lowest BCUT2D eigenvalue weighted by atomic mass is 10.2. The van der Waals surface area contributed by atoms with Gasteiger partial charge in [0, 0.05) is 11.9 Å². The fourth-order valence-electron chi connectivity index (χ4n) is 1.48. The quantitative estimate of drug-likeness (QED) is 0.629. The van der Waals surface area contributed by atoms with Crippen LogP contribution in [0.1, 0.15) is 33.6 Å². The van der Waals surface area contributed by atoms with Crippen molar-refractivity contribution in [2.24, 2.45) is 0 Å². The summed E-state index contributed by atoms with van der Waals surface area (Å²) in [5, 5.41) is 1.65. The average Bonchev–Trinajstić information content (AvgIpc) is 2.47. The van der Waals surface area contributed by atoms with Crippen molar-refractivity contribution in [1.29, 1.82) is 0 Å². The molecule has 1 atom stereocenters. The number of amides is 1. The minimum absolute atomic E-state index is 0.0832. The maximum Gasteiger partial charge on any atom is 0.410 e. The lowest BCUT2D eigenvalue weighted by Crippen LogP contribution is -2.40. The van der Waals surface area contributed by atoms with Crippen LogP contribution in [0, 0.1) is 0 Å². The lowest BCUT2D eigenvalue weighted by Gasteiger charge is -2.26. The third-order valence-corrected chi connectivity index (χ3v) is 2.40. The SMILES string of the molecule is CC(C)(C)OC(=O)N1CCCC1C=S. The number of ether oxygens (including phenoxy) is 1. The molecular formula is C10H17NO2S. The predicted molar refractivity (Wildman–Crippen MR) is 59.6 cm³/mol. The summed E-state index contributed by atoms with van der Waals surface area (Å²) in [6.07, 6.45) is 1.72. The molecule has 1 saturated heterocycles. The first kappa shape index (κ1) is 11.4. The summed E-state index contributed by atoms with van der Waals surface area (Å²) in [5.74, 6) is 0. The third kappa shape index (κ3) is 2.94. The van der Waals surface area contributed by atoms with Crippen LogP contribution in [0.2, 0.25) is 0 Å². The standard InChI is InChI=1S/C10H17NO2S/c1-10(2,3)13-9(12)11-6-4-5-8(11)7-14/h7-8H,4-6H2,1-3H3. The average molecular weight is 215 g/mol. The second-order valence-electron chi connectivity index (χ2n) is 4.52. The molecule has 1 heterocycles. The van der Waals surface area contributed by atoms with E-state index in [0.717, 1.165) is 19.4 Å². The van der Waals surface area contributed by atoms with Crippen molar-refractivity contribution in [3.8, 4) is 0 Å². The number of nitrogens with zero attached hydrogens (tertiary/aromatic N) is 1. The molecule has 0 spiro atoms. The van der Waals surface area contributed by atoms with Crippen molar-refractivity contribution in [3.63, 3.8) is 0 Å². The van der Waals surface area contributed by atoms with E-state index in [1.165, 1.54) is 0 Å². The van der Waals surface area contributed by atoms with Crippen molar-refractivity contribution in [2.45, 2.75) is 45.3 Å². The molecular weight excluding hydrogens is 198 g/mol. The van der Waals surface area contributed by atoms with Crippen LogP contribution in [0.25, 0.3) is 0 Å². The van der Waals surface area contributed by atoms with E-state index in [9.17, 15) is 4.79 Å². The predicted octanol–water partition coefficient (Wildman–Crippen LogP) is 2.39. The molecule has 1 rings (SSSR count). The van der Waals surface area contributed by atoms with Crippen LogP contribution in [-0.4, -0.2) is 34.5 Å². The molecule has 3 nitrogen and oxygen atoms in total. The van der Waals surface area contributed by atoms with Gasteiger partial charge in [-0.15, -0.1) is 0 Å². The van der Waals surface area contributed by atoms with E-state index in [1.807, 2.05) is 20.8 Å². The van der Waals surface area contributed by atoms with Gasteiger partial charge in [-0.3, -0.25) is 0 Å². The summed E-state index contributed by atoms with van der Waals surface area (Å²) < 4.78 is 5.27.